The van der Waals surface area contributed by atoms with Crippen molar-refractivity contribution in [3.05, 3.63) is 0 Å². The van der Waals surface area contributed by atoms with Gasteiger partial charge < -0.3 is 10.6 Å². The molecule has 1 atom stereocenters. The maximum Gasteiger partial charge on any atom is 0.207 e. The lowest BCUT2D eigenvalue weighted by molar-refractivity contribution is -0.126. The van der Waals surface area contributed by atoms with Gasteiger partial charge in [0.05, 0.1) is 6.04 Å². The molecule has 0 aromatic carbocycles. The van der Waals surface area contributed by atoms with Crippen LogP contribution in [0.2, 0.25) is 0 Å². The van der Waals surface area contributed by atoms with Crippen LogP contribution in [0.3, 0.4) is 0 Å². The molecule has 0 fully saturated rings. The Kier molecular flexibility index (Phi) is 8.68. The van der Waals surface area contributed by atoms with E-state index in [-0.39, 0.29) is 17.7 Å². The van der Waals surface area contributed by atoms with E-state index < -0.39 is 0 Å². The first-order valence-electron chi connectivity index (χ1n) is 6.45. The van der Waals surface area contributed by atoms with E-state index in [0.29, 0.717) is 12.5 Å². The van der Waals surface area contributed by atoms with Gasteiger partial charge in [0.1, 0.15) is 0 Å². The maximum absolute atomic E-state index is 11.8. The van der Waals surface area contributed by atoms with Crippen molar-refractivity contribution >= 4 is 12.2 Å². The van der Waals surface area contributed by atoms with Crippen molar-refractivity contribution in [2.75, 3.05) is 6.54 Å². The van der Waals surface area contributed by atoms with E-state index in [0.717, 1.165) is 25.8 Å². The average Bonchev–Trinajstić information content (AvgIpc) is 2.25. The van der Waals surface area contributed by atoms with Crippen molar-refractivity contribution < 1.29 is 9.59 Å². The minimum Gasteiger partial charge on any atom is -0.349 e. The van der Waals surface area contributed by atoms with Gasteiger partial charge in [-0.3, -0.25) is 9.59 Å². The van der Waals surface area contributed by atoms with Crippen LogP contribution in [0.25, 0.3) is 0 Å². The fourth-order valence-electron chi connectivity index (χ4n) is 1.66. The molecule has 0 bridgehead atoms. The summed E-state index contributed by atoms with van der Waals surface area (Å²) in [5, 5.41) is 5.94. The largest absolute Gasteiger partial charge is 0.349 e. The summed E-state index contributed by atoms with van der Waals surface area (Å²) in [5.74, 6) is 0.0927. The molecule has 4 nitrogen and oxygen atoms in total. The Morgan fingerprint density at radius 1 is 1.18 bits per heavy atom. The second kappa shape index (κ2) is 9.16. The number of unbranched alkanes of at least 4 members (excludes halogenated alkanes) is 1. The van der Waals surface area contributed by atoms with E-state index in [2.05, 4.69) is 24.5 Å². The summed E-state index contributed by atoms with van der Waals surface area (Å²) in [5.41, 5.74) is 0. The predicted molar refractivity (Wildman–Crippen MR) is 69.8 cm³/mol. The fraction of sp³-hybridized carbons (Fsp3) is 0.846. The van der Waals surface area contributed by atoms with Crippen LogP contribution >= 0.6 is 0 Å². The molecule has 4 heteroatoms. The number of nitrogens with one attached hydrogen (secondary N) is 2. The molecule has 0 aliphatic rings. The summed E-state index contributed by atoms with van der Waals surface area (Å²) in [6, 6.07) is 0.183. The molecule has 100 valence electrons. The molecule has 0 aliphatic carbocycles. The third-order valence-electron chi connectivity index (χ3n) is 2.65. The smallest absolute Gasteiger partial charge is 0.207 e. The molecule has 0 aromatic heterocycles. The van der Waals surface area contributed by atoms with Gasteiger partial charge in [-0.1, -0.05) is 27.7 Å². The highest BCUT2D eigenvalue weighted by Gasteiger charge is 2.19. The Hall–Kier alpha value is -0.900. The monoisotopic (exact) mass is 242 g/mol. The zero-order valence-electron chi connectivity index (χ0n) is 11.5. The first kappa shape index (κ1) is 16.1. The van der Waals surface area contributed by atoms with Gasteiger partial charge in [0, 0.05) is 12.0 Å². The molecule has 0 rings (SSSR count). The highest BCUT2D eigenvalue weighted by molar-refractivity contribution is 5.87. The summed E-state index contributed by atoms with van der Waals surface area (Å²) in [6.07, 6.45) is 3.33. The van der Waals surface area contributed by atoms with Gasteiger partial charge in [-0.25, -0.2) is 0 Å². The maximum atomic E-state index is 11.8. The van der Waals surface area contributed by atoms with E-state index >= 15 is 0 Å². The van der Waals surface area contributed by atoms with Crippen molar-refractivity contribution in [3.8, 4) is 0 Å². The Bertz CT molecular complexity index is 227. The molecule has 17 heavy (non-hydrogen) atoms. The van der Waals surface area contributed by atoms with Crippen LogP contribution in [0, 0.1) is 5.92 Å². The Balaban J connectivity index is 3.85. The first-order chi connectivity index (χ1) is 7.99. The van der Waals surface area contributed by atoms with Crippen LogP contribution in [-0.2, 0) is 9.59 Å². The number of carbonyl (C=O) groups is 2. The molecule has 0 heterocycles. The van der Waals surface area contributed by atoms with Crippen LogP contribution in [0.15, 0.2) is 0 Å². The number of rotatable bonds is 10. The van der Waals surface area contributed by atoms with Gasteiger partial charge in [-0.2, -0.15) is 0 Å². The second-order valence-corrected chi connectivity index (χ2v) is 5.00. The molecule has 1 amide bonds. The summed E-state index contributed by atoms with van der Waals surface area (Å²) in [4.78, 5) is 22.2. The van der Waals surface area contributed by atoms with Crippen molar-refractivity contribution in [1.29, 1.82) is 0 Å². The van der Waals surface area contributed by atoms with Gasteiger partial charge in [-0.15, -0.1) is 0 Å². The first-order valence-corrected chi connectivity index (χ1v) is 6.45. The Morgan fingerprint density at radius 2 is 1.82 bits per heavy atom. The van der Waals surface area contributed by atoms with E-state index in [9.17, 15) is 9.59 Å². The SMILES string of the molecule is CC(C)NCCCCC(NC=O)C(=O)C(C)C. The van der Waals surface area contributed by atoms with Gasteiger partial charge in [0.15, 0.2) is 5.78 Å². The van der Waals surface area contributed by atoms with Crippen molar-refractivity contribution in [3.63, 3.8) is 0 Å². The van der Waals surface area contributed by atoms with E-state index in [4.69, 9.17) is 0 Å². The van der Waals surface area contributed by atoms with Crippen LogP contribution in [0.5, 0.6) is 0 Å². The average molecular weight is 242 g/mol. The third-order valence-corrected chi connectivity index (χ3v) is 2.65. The summed E-state index contributed by atoms with van der Waals surface area (Å²) >= 11 is 0. The fourth-order valence-corrected chi connectivity index (χ4v) is 1.66. The van der Waals surface area contributed by atoms with Gasteiger partial charge in [0.2, 0.25) is 6.41 Å². The molecule has 0 spiro atoms. The number of hydrogen-bond donors (Lipinski definition) is 2. The summed E-state index contributed by atoms with van der Waals surface area (Å²) in [7, 11) is 0. The highest BCUT2D eigenvalue weighted by Crippen LogP contribution is 2.07. The van der Waals surface area contributed by atoms with Gasteiger partial charge in [0.25, 0.3) is 0 Å². The Labute approximate surface area is 105 Å². The van der Waals surface area contributed by atoms with Crippen LogP contribution < -0.4 is 10.6 Å². The minimum atomic E-state index is -0.313. The number of hydrogen-bond acceptors (Lipinski definition) is 3. The molecule has 1 unspecified atom stereocenters. The third kappa shape index (κ3) is 7.91. The Morgan fingerprint density at radius 3 is 2.29 bits per heavy atom. The van der Waals surface area contributed by atoms with Crippen LogP contribution in [0.1, 0.15) is 47.0 Å². The predicted octanol–water partition coefficient (Wildman–Crippen LogP) is 1.49. The molecule has 0 saturated heterocycles. The normalized spacial score (nSPS) is 12.8. The number of Topliss-reactive ketones (excluding diaryl/α,β-unsaturated/α-hetero) is 1. The van der Waals surface area contributed by atoms with E-state index in [1.165, 1.54) is 0 Å². The van der Waals surface area contributed by atoms with Crippen LogP contribution in [0.4, 0.5) is 0 Å². The van der Waals surface area contributed by atoms with Crippen LogP contribution in [-0.4, -0.2) is 30.8 Å². The van der Waals surface area contributed by atoms with Gasteiger partial charge >= 0.3 is 0 Å². The molecular weight excluding hydrogens is 216 g/mol. The molecule has 0 aromatic rings. The number of ketones is 1. The summed E-state index contributed by atoms with van der Waals surface area (Å²) in [6.45, 7) is 8.91. The lowest BCUT2D eigenvalue weighted by Crippen LogP contribution is -2.38. The molecule has 0 radical (unpaired) electrons. The van der Waals surface area contributed by atoms with Crippen molar-refractivity contribution in [2.24, 2.45) is 5.92 Å². The zero-order chi connectivity index (χ0) is 13.3. The molecule has 2 N–H and O–H groups in total. The number of carbonyl (C=O) groups excluding carboxylic acids is 2. The quantitative estimate of drug-likeness (QED) is 0.451. The topological polar surface area (TPSA) is 58.2 Å². The lowest BCUT2D eigenvalue weighted by atomic mass is 9.97. The lowest BCUT2D eigenvalue weighted by Gasteiger charge is -2.17. The molecule has 0 aliphatic heterocycles. The highest BCUT2D eigenvalue weighted by atomic mass is 16.1. The van der Waals surface area contributed by atoms with Crippen molar-refractivity contribution in [1.82, 2.24) is 10.6 Å². The van der Waals surface area contributed by atoms with Gasteiger partial charge in [-0.05, 0) is 25.8 Å². The zero-order valence-corrected chi connectivity index (χ0v) is 11.5. The standard InChI is InChI=1S/C13H26N2O2/c1-10(2)13(17)12(15-9-16)7-5-6-8-14-11(3)4/h9-12,14H,5-8H2,1-4H3,(H,15,16). The minimum absolute atomic E-state index is 0.0266. The second-order valence-electron chi connectivity index (χ2n) is 5.00. The molecule has 0 saturated carbocycles. The van der Waals surface area contributed by atoms with E-state index in [1.807, 2.05) is 13.8 Å². The summed E-state index contributed by atoms with van der Waals surface area (Å²) < 4.78 is 0. The molecular formula is C13H26N2O2. The number of amides is 1. The van der Waals surface area contributed by atoms with Crippen molar-refractivity contribution in [2.45, 2.75) is 59.0 Å². The van der Waals surface area contributed by atoms with E-state index in [1.54, 1.807) is 0 Å².